The van der Waals surface area contributed by atoms with Crippen molar-refractivity contribution >= 4 is 12.2 Å². The molecule has 112 valence electrons. The lowest BCUT2D eigenvalue weighted by Crippen LogP contribution is -2.06. The summed E-state index contributed by atoms with van der Waals surface area (Å²) < 4.78 is 40.3. The van der Waals surface area contributed by atoms with Crippen LogP contribution in [-0.2, 0) is 6.18 Å². The van der Waals surface area contributed by atoms with E-state index in [0.29, 0.717) is 5.69 Å². The third-order valence-electron chi connectivity index (χ3n) is 3.00. The average molecular weight is 322 g/mol. The van der Waals surface area contributed by atoms with Gasteiger partial charge in [-0.15, -0.1) is 0 Å². The molecule has 1 N–H and O–H groups in total. The van der Waals surface area contributed by atoms with Gasteiger partial charge in [0.2, 0.25) is 0 Å². The Morgan fingerprint density at radius 2 is 1.82 bits per heavy atom. The second-order valence-electron chi connectivity index (χ2n) is 4.45. The predicted molar refractivity (Wildman–Crippen MR) is 77.0 cm³/mol. The van der Waals surface area contributed by atoms with E-state index >= 15 is 0 Å². The zero-order valence-electron chi connectivity index (χ0n) is 11.0. The molecule has 3 rings (SSSR count). The van der Waals surface area contributed by atoms with Crippen LogP contribution in [0.5, 0.6) is 0 Å². The van der Waals surface area contributed by atoms with Crippen LogP contribution < -0.4 is 0 Å². The van der Waals surface area contributed by atoms with Gasteiger partial charge in [-0.2, -0.15) is 18.3 Å². The quantitative estimate of drug-likeness (QED) is 0.725. The van der Waals surface area contributed by atoms with E-state index in [0.717, 1.165) is 18.3 Å². The van der Waals surface area contributed by atoms with Gasteiger partial charge in [-0.05, 0) is 36.5 Å². The maximum atomic E-state index is 12.8. The molecule has 0 aliphatic carbocycles. The number of hydrogen-bond donors (Lipinski definition) is 1. The first-order chi connectivity index (χ1) is 10.5. The molecule has 0 unspecified atom stereocenters. The lowest BCUT2D eigenvalue weighted by Gasteiger charge is -2.09. The number of hydrogen-bond acceptors (Lipinski definition) is 3. The maximum absolute atomic E-state index is 12.8. The zero-order valence-corrected chi connectivity index (χ0v) is 11.8. The Morgan fingerprint density at radius 1 is 1.09 bits per heavy atom. The summed E-state index contributed by atoms with van der Waals surface area (Å²) in [4.78, 5) is 3.97. The Kier molecular flexibility index (Phi) is 3.53. The van der Waals surface area contributed by atoms with Crippen molar-refractivity contribution in [2.24, 2.45) is 0 Å². The van der Waals surface area contributed by atoms with Crippen LogP contribution in [-0.4, -0.2) is 19.7 Å². The number of aromatic nitrogens is 4. The molecule has 1 aromatic carbocycles. The second kappa shape index (κ2) is 5.38. The minimum Gasteiger partial charge on any atom is -0.267 e. The van der Waals surface area contributed by atoms with Crippen LogP contribution in [0.4, 0.5) is 13.2 Å². The smallest absolute Gasteiger partial charge is 0.267 e. The van der Waals surface area contributed by atoms with Crippen LogP contribution in [0.1, 0.15) is 5.56 Å². The molecule has 2 heterocycles. The minimum absolute atomic E-state index is 0.0889. The van der Waals surface area contributed by atoms with Gasteiger partial charge in [-0.1, -0.05) is 18.2 Å². The summed E-state index contributed by atoms with van der Waals surface area (Å²) in [6.45, 7) is 0. The van der Waals surface area contributed by atoms with E-state index in [9.17, 15) is 13.2 Å². The number of para-hydroxylation sites is 1. The van der Waals surface area contributed by atoms with Gasteiger partial charge in [0.15, 0.2) is 10.6 Å². The molecule has 0 saturated carbocycles. The molecule has 0 atom stereocenters. The molecule has 4 nitrogen and oxygen atoms in total. The molecule has 0 aliphatic heterocycles. The van der Waals surface area contributed by atoms with Crippen LogP contribution in [0.15, 0.2) is 48.7 Å². The number of H-pyrrole nitrogens is 1. The Balaban J connectivity index is 2.17. The molecule has 22 heavy (non-hydrogen) atoms. The molecule has 0 radical (unpaired) electrons. The molecule has 0 aliphatic rings. The number of benzene rings is 1. The van der Waals surface area contributed by atoms with Crippen molar-refractivity contribution in [3.05, 3.63) is 59.0 Å². The first-order valence-corrected chi connectivity index (χ1v) is 6.64. The maximum Gasteiger partial charge on any atom is 0.416 e. The normalized spacial score (nSPS) is 11.6. The van der Waals surface area contributed by atoms with Crippen molar-refractivity contribution in [1.29, 1.82) is 0 Å². The molecule has 0 saturated heterocycles. The molecule has 0 amide bonds. The first kappa shape index (κ1) is 14.5. The molecular formula is C14H9F3N4S. The Bertz CT molecular complexity index is 852. The number of aromatic amines is 1. The summed E-state index contributed by atoms with van der Waals surface area (Å²) >= 11 is 5.16. The van der Waals surface area contributed by atoms with Gasteiger partial charge in [0.1, 0.15) is 5.69 Å². The fourth-order valence-corrected chi connectivity index (χ4v) is 2.25. The number of nitrogens with zero attached hydrogens (tertiary/aromatic N) is 3. The number of nitrogens with one attached hydrogen (secondary N) is 1. The zero-order chi connectivity index (χ0) is 15.7. The summed E-state index contributed by atoms with van der Waals surface area (Å²) in [7, 11) is 0. The average Bonchev–Trinajstić information content (AvgIpc) is 2.89. The molecule has 8 heteroatoms. The van der Waals surface area contributed by atoms with Gasteiger partial charge in [0.05, 0.1) is 11.3 Å². The van der Waals surface area contributed by atoms with E-state index in [1.54, 1.807) is 24.3 Å². The van der Waals surface area contributed by atoms with Gasteiger partial charge in [0.25, 0.3) is 0 Å². The van der Waals surface area contributed by atoms with E-state index in [1.807, 2.05) is 6.07 Å². The molecule has 0 spiro atoms. The van der Waals surface area contributed by atoms with Crippen LogP contribution in [0, 0.1) is 4.77 Å². The molecule has 3 aromatic rings. The third-order valence-corrected chi connectivity index (χ3v) is 3.28. The van der Waals surface area contributed by atoms with Gasteiger partial charge in [0, 0.05) is 6.20 Å². The largest absolute Gasteiger partial charge is 0.416 e. The number of alkyl halides is 3. The number of rotatable bonds is 2. The predicted octanol–water partition coefficient (Wildman–Crippen LogP) is 4.01. The fraction of sp³-hybridized carbons (Fsp3) is 0.0714. The summed E-state index contributed by atoms with van der Waals surface area (Å²) in [5.41, 5.74) is -0.00693. The van der Waals surface area contributed by atoms with Gasteiger partial charge < -0.3 is 0 Å². The van der Waals surface area contributed by atoms with E-state index in [-0.39, 0.29) is 16.3 Å². The van der Waals surface area contributed by atoms with Crippen LogP contribution in [0.3, 0.4) is 0 Å². The second-order valence-corrected chi connectivity index (χ2v) is 4.84. The fourth-order valence-electron chi connectivity index (χ4n) is 2.01. The van der Waals surface area contributed by atoms with Gasteiger partial charge >= 0.3 is 6.18 Å². The van der Waals surface area contributed by atoms with Crippen LogP contribution in [0.25, 0.3) is 17.2 Å². The molecule has 2 aromatic heterocycles. The Labute approximate surface area is 128 Å². The highest BCUT2D eigenvalue weighted by Gasteiger charge is 2.31. The minimum atomic E-state index is -4.44. The number of pyridine rings is 1. The van der Waals surface area contributed by atoms with Crippen molar-refractivity contribution in [3.63, 3.8) is 0 Å². The third kappa shape index (κ3) is 2.64. The van der Waals surface area contributed by atoms with Gasteiger partial charge in [-0.25, -0.2) is 0 Å². The van der Waals surface area contributed by atoms with Crippen molar-refractivity contribution in [1.82, 2.24) is 19.7 Å². The first-order valence-electron chi connectivity index (χ1n) is 6.23. The molecule has 0 bridgehead atoms. The van der Waals surface area contributed by atoms with E-state index in [1.165, 1.54) is 4.57 Å². The summed E-state index contributed by atoms with van der Waals surface area (Å²) in [5, 5.41) is 6.59. The van der Waals surface area contributed by atoms with Crippen LogP contribution >= 0.6 is 12.2 Å². The van der Waals surface area contributed by atoms with Crippen molar-refractivity contribution in [3.8, 4) is 17.2 Å². The molecular weight excluding hydrogens is 313 g/mol. The summed E-state index contributed by atoms with van der Waals surface area (Å²) in [6, 6.07) is 10.9. The highest BCUT2D eigenvalue weighted by molar-refractivity contribution is 7.71. The topological polar surface area (TPSA) is 46.5 Å². The molecule has 0 fully saturated rings. The van der Waals surface area contributed by atoms with E-state index in [2.05, 4.69) is 15.2 Å². The van der Waals surface area contributed by atoms with E-state index < -0.39 is 11.7 Å². The van der Waals surface area contributed by atoms with Crippen molar-refractivity contribution in [2.45, 2.75) is 6.18 Å². The highest BCUT2D eigenvalue weighted by Crippen LogP contribution is 2.31. The van der Waals surface area contributed by atoms with Crippen molar-refractivity contribution in [2.75, 3.05) is 0 Å². The lowest BCUT2D eigenvalue weighted by atomic mass is 10.2. The lowest BCUT2D eigenvalue weighted by molar-refractivity contribution is -0.137. The Morgan fingerprint density at radius 3 is 2.50 bits per heavy atom. The highest BCUT2D eigenvalue weighted by atomic mass is 32.1. The number of halogens is 3. The van der Waals surface area contributed by atoms with Crippen molar-refractivity contribution < 1.29 is 13.2 Å². The summed E-state index contributed by atoms with van der Waals surface area (Å²) in [6.07, 6.45) is -3.34. The van der Waals surface area contributed by atoms with Crippen LogP contribution in [0.2, 0.25) is 0 Å². The van der Waals surface area contributed by atoms with E-state index in [4.69, 9.17) is 12.2 Å². The monoisotopic (exact) mass is 322 g/mol. The van der Waals surface area contributed by atoms with Gasteiger partial charge in [-0.3, -0.25) is 14.6 Å². The SMILES string of the molecule is FC(F)(F)c1ccnc(-c2n[nH]c(=S)n2-c2ccccc2)c1. The standard InChI is InChI=1S/C14H9F3N4S/c15-14(16,17)9-6-7-18-11(8-9)12-19-20-13(22)21(12)10-4-2-1-3-5-10/h1-8H,(H,20,22). The summed E-state index contributed by atoms with van der Waals surface area (Å²) in [5.74, 6) is 0.224. The Hall–Kier alpha value is -2.48.